The summed E-state index contributed by atoms with van der Waals surface area (Å²) in [4.78, 5) is 32.1. The largest absolute Gasteiger partial charge is 0.457 e. The predicted molar refractivity (Wildman–Crippen MR) is 178 cm³/mol. The molecule has 4 aromatic carbocycles. The average Bonchev–Trinajstić information content (AvgIpc) is 3.65. The highest BCUT2D eigenvalue weighted by Gasteiger charge is 2.21. The molecule has 224 valence electrons. The normalized spacial score (nSPS) is 15.0. The standard InChI is InChI=1S/C38H34N4O3/c43-37(39-29-3-1-4-29)27-9-7-25-19-33(41-35(25)21-27)23-11-15-31(16-12-23)45-32-17-13-24(14-18-32)34-20-26-8-10-28(22-36(26)42-34)38(44)40-30-5-2-6-30/h7-22,29-30,41-42H,1-6H2,(H,39,43)(H,40,44). The lowest BCUT2D eigenvalue weighted by molar-refractivity contribution is 0.0908. The molecule has 2 amide bonds. The van der Waals surface area contributed by atoms with Gasteiger partial charge in [0, 0.05) is 56.4 Å². The van der Waals surface area contributed by atoms with Crippen LogP contribution in [-0.4, -0.2) is 33.9 Å². The van der Waals surface area contributed by atoms with Crippen LogP contribution in [0.2, 0.25) is 0 Å². The van der Waals surface area contributed by atoms with Crippen LogP contribution in [-0.2, 0) is 0 Å². The van der Waals surface area contributed by atoms with Crippen molar-refractivity contribution >= 4 is 33.6 Å². The Kier molecular flexibility index (Phi) is 6.86. The average molecular weight is 595 g/mol. The molecule has 2 aliphatic carbocycles. The molecule has 4 N–H and O–H groups in total. The maximum absolute atomic E-state index is 12.6. The summed E-state index contributed by atoms with van der Waals surface area (Å²) in [6.45, 7) is 0. The molecule has 2 heterocycles. The molecular formula is C38H34N4O3. The number of hydrogen-bond donors (Lipinski definition) is 4. The molecule has 0 radical (unpaired) electrons. The van der Waals surface area contributed by atoms with Gasteiger partial charge in [0.2, 0.25) is 0 Å². The number of carbonyl (C=O) groups excluding carboxylic acids is 2. The van der Waals surface area contributed by atoms with E-state index in [4.69, 9.17) is 4.74 Å². The summed E-state index contributed by atoms with van der Waals surface area (Å²) in [7, 11) is 0. The number of nitrogens with one attached hydrogen (secondary N) is 4. The second-order valence-electron chi connectivity index (χ2n) is 12.3. The maximum atomic E-state index is 12.6. The first-order valence-corrected chi connectivity index (χ1v) is 15.8. The maximum Gasteiger partial charge on any atom is 0.251 e. The van der Waals surface area contributed by atoms with Gasteiger partial charge in [0.15, 0.2) is 0 Å². The van der Waals surface area contributed by atoms with Gasteiger partial charge in [-0.15, -0.1) is 0 Å². The summed E-state index contributed by atoms with van der Waals surface area (Å²) >= 11 is 0. The number of rotatable bonds is 8. The van der Waals surface area contributed by atoms with Crippen molar-refractivity contribution in [1.29, 1.82) is 0 Å². The van der Waals surface area contributed by atoms with Crippen LogP contribution in [0.1, 0.15) is 59.2 Å². The van der Waals surface area contributed by atoms with Crippen LogP contribution in [0, 0.1) is 0 Å². The first kappa shape index (κ1) is 27.3. The fourth-order valence-electron chi connectivity index (χ4n) is 6.03. The van der Waals surface area contributed by atoms with Gasteiger partial charge in [-0.1, -0.05) is 12.1 Å². The van der Waals surface area contributed by atoms with Crippen molar-refractivity contribution in [3.8, 4) is 34.0 Å². The molecule has 2 aliphatic rings. The third-order valence-corrected chi connectivity index (χ3v) is 9.22. The molecule has 2 saturated carbocycles. The lowest BCUT2D eigenvalue weighted by Crippen LogP contribution is -2.39. The summed E-state index contributed by atoms with van der Waals surface area (Å²) in [5.74, 6) is 1.48. The molecule has 0 bridgehead atoms. The Balaban J connectivity index is 0.927. The van der Waals surface area contributed by atoms with E-state index in [1.54, 1.807) is 0 Å². The van der Waals surface area contributed by atoms with E-state index in [1.807, 2.05) is 84.9 Å². The first-order valence-electron chi connectivity index (χ1n) is 15.8. The van der Waals surface area contributed by atoms with Crippen molar-refractivity contribution in [2.24, 2.45) is 0 Å². The van der Waals surface area contributed by atoms with Crippen molar-refractivity contribution in [1.82, 2.24) is 20.6 Å². The van der Waals surface area contributed by atoms with Crippen LogP contribution < -0.4 is 15.4 Å². The molecule has 8 rings (SSSR count). The van der Waals surface area contributed by atoms with Crippen molar-refractivity contribution < 1.29 is 14.3 Å². The molecule has 6 aromatic rings. The van der Waals surface area contributed by atoms with Crippen LogP contribution in [0.4, 0.5) is 0 Å². The van der Waals surface area contributed by atoms with Crippen molar-refractivity contribution in [3.63, 3.8) is 0 Å². The molecule has 2 aromatic heterocycles. The Hall–Kier alpha value is -5.30. The SMILES string of the molecule is O=C(NC1CCC1)c1ccc2cc(-c3ccc(Oc4ccc(-c5cc6ccc(C(=O)NC7CCC7)cc6[nH]5)cc4)cc3)[nH]c2c1. The van der Waals surface area contributed by atoms with Crippen molar-refractivity contribution in [2.75, 3.05) is 0 Å². The molecule has 0 aliphatic heterocycles. The molecule has 45 heavy (non-hydrogen) atoms. The minimum atomic E-state index is -0.00709. The monoisotopic (exact) mass is 594 g/mol. The summed E-state index contributed by atoms with van der Waals surface area (Å²) in [5.41, 5.74) is 7.30. The van der Waals surface area contributed by atoms with Crippen LogP contribution in [0.5, 0.6) is 11.5 Å². The topological polar surface area (TPSA) is 99.0 Å². The Labute approximate surface area is 261 Å². The molecule has 7 nitrogen and oxygen atoms in total. The van der Waals surface area contributed by atoms with E-state index in [0.717, 1.165) is 81.5 Å². The van der Waals surface area contributed by atoms with E-state index in [-0.39, 0.29) is 11.8 Å². The number of benzene rings is 4. The third-order valence-electron chi connectivity index (χ3n) is 9.22. The Morgan fingerprint density at radius 3 is 1.36 bits per heavy atom. The van der Waals surface area contributed by atoms with Gasteiger partial charge >= 0.3 is 0 Å². The minimum Gasteiger partial charge on any atom is -0.457 e. The summed E-state index contributed by atoms with van der Waals surface area (Å²) in [5, 5.41) is 8.35. The van der Waals surface area contributed by atoms with Crippen LogP contribution in [0.3, 0.4) is 0 Å². The van der Waals surface area contributed by atoms with E-state index in [1.165, 1.54) is 12.8 Å². The molecule has 0 spiro atoms. The smallest absolute Gasteiger partial charge is 0.251 e. The lowest BCUT2D eigenvalue weighted by Gasteiger charge is -2.26. The van der Waals surface area contributed by atoms with Gasteiger partial charge in [0.1, 0.15) is 11.5 Å². The highest BCUT2D eigenvalue weighted by atomic mass is 16.5. The number of ether oxygens (including phenoxy) is 1. The van der Waals surface area contributed by atoms with Crippen LogP contribution >= 0.6 is 0 Å². The van der Waals surface area contributed by atoms with E-state index in [0.29, 0.717) is 23.2 Å². The van der Waals surface area contributed by atoms with Gasteiger partial charge in [-0.2, -0.15) is 0 Å². The van der Waals surface area contributed by atoms with Crippen molar-refractivity contribution in [2.45, 2.75) is 50.6 Å². The number of carbonyl (C=O) groups is 2. The Morgan fingerprint density at radius 1 is 0.556 bits per heavy atom. The van der Waals surface area contributed by atoms with Gasteiger partial charge < -0.3 is 25.3 Å². The Bertz CT molecular complexity index is 1880. The van der Waals surface area contributed by atoms with E-state index in [9.17, 15) is 9.59 Å². The van der Waals surface area contributed by atoms with Gasteiger partial charge in [0.25, 0.3) is 11.8 Å². The van der Waals surface area contributed by atoms with Gasteiger partial charge in [-0.3, -0.25) is 9.59 Å². The van der Waals surface area contributed by atoms with E-state index >= 15 is 0 Å². The lowest BCUT2D eigenvalue weighted by atomic mass is 9.93. The summed E-state index contributed by atoms with van der Waals surface area (Å²) < 4.78 is 6.14. The molecule has 0 saturated heterocycles. The number of hydrogen-bond acceptors (Lipinski definition) is 3. The fourth-order valence-corrected chi connectivity index (χ4v) is 6.03. The second-order valence-corrected chi connectivity index (χ2v) is 12.3. The number of aromatic nitrogens is 2. The third kappa shape index (κ3) is 5.57. The minimum absolute atomic E-state index is 0.00709. The molecule has 2 fully saturated rings. The number of fused-ring (bicyclic) bond motifs is 2. The van der Waals surface area contributed by atoms with Gasteiger partial charge in [-0.05, 0) is 135 Å². The van der Waals surface area contributed by atoms with Crippen LogP contribution in [0.15, 0.2) is 97.1 Å². The highest BCUT2D eigenvalue weighted by Crippen LogP contribution is 2.31. The Morgan fingerprint density at radius 2 is 0.978 bits per heavy atom. The zero-order valence-corrected chi connectivity index (χ0v) is 24.9. The second kappa shape index (κ2) is 11.3. The molecule has 7 heteroatoms. The summed E-state index contributed by atoms with van der Waals surface area (Å²) in [6, 6.07) is 32.4. The molecule has 0 atom stereocenters. The summed E-state index contributed by atoms with van der Waals surface area (Å²) in [6.07, 6.45) is 6.66. The molecular weight excluding hydrogens is 560 g/mol. The van der Waals surface area contributed by atoms with Crippen molar-refractivity contribution in [3.05, 3.63) is 108 Å². The predicted octanol–water partition coefficient (Wildman–Crippen LogP) is 8.34. The van der Waals surface area contributed by atoms with E-state index < -0.39 is 0 Å². The van der Waals surface area contributed by atoms with E-state index in [2.05, 4.69) is 32.7 Å². The highest BCUT2D eigenvalue weighted by molar-refractivity contribution is 6.00. The fraction of sp³-hybridized carbons (Fsp3) is 0.211. The number of aromatic amines is 2. The van der Waals surface area contributed by atoms with Crippen LogP contribution in [0.25, 0.3) is 44.3 Å². The van der Waals surface area contributed by atoms with Gasteiger partial charge in [0.05, 0.1) is 0 Å². The molecule has 0 unspecified atom stereocenters. The zero-order valence-electron chi connectivity index (χ0n) is 24.9. The first-order chi connectivity index (χ1) is 22.0. The van der Waals surface area contributed by atoms with Gasteiger partial charge in [-0.25, -0.2) is 0 Å². The zero-order chi connectivity index (χ0) is 30.3. The number of amides is 2. The quantitative estimate of drug-likeness (QED) is 0.143. The number of H-pyrrole nitrogens is 2.